The lowest BCUT2D eigenvalue weighted by Crippen LogP contribution is -2.44. The lowest BCUT2D eigenvalue weighted by Gasteiger charge is -2.33. The summed E-state index contributed by atoms with van der Waals surface area (Å²) in [6.07, 6.45) is 5.20. The summed E-state index contributed by atoms with van der Waals surface area (Å²) in [5, 5.41) is 3.15. The van der Waals surface area contributed by atoms with E-state index in [9.17, 15) is 0 Å². The average Bonchev–Trinajstić information content (AvgIpc) is 3.02. The highest BCUT2D eigenvalue weighted by Crippen LogP contribution is 2.18. The van der Waals surface area contributed by atoms with Crippen LogP contribution < -0.4 is 10.2 Å². The molecule has 0 saturated carbocycles. The summed E-state index contributed by atoms with van der Waals surface area (Å²) >= 11 is 0. The molecule has 3 heterocycles. The quantitative estimate of drug-likeness (QED) is 0.888. The summed E-state index contributed by atoms with van der Waals surface area (Å²) in [6.45, 7) is 7.02. The van der Waals surface area contributed by atoms with E-state index in [-0.39, 0.29) is 6.04 Å². The van der Waals surface area contributed by atoms with Crippen LogP contribution in [0.3, 0.4) is 0 Å². The maximum atomic E-state index is 5.47. The van der Waals surface area contributed by atoms with Gasteiger partial charge in [0.15, 0.2) is 0 Å². The highest BCUT2D eigenvalue weighted by Gasteiger charge is 2.23. The second kappa shape index (κ2) is 6.04. The topological polar surface area (TPSA) is 81.0 Å². The number of hydrogen-bond donors (Lipinski definition) is 1. The number of ether oxygens (including phenoxy) is 1. The smallest absolute Gasteiger partial charge is 0.241 e. The fraction of sp³-hybridized carbons (Fsp3) is 0.538. The van der Waals surface area contributed by atoms with Gasteiger partial charge in [-0.2, -0.15) is 15.0 Å². The van der Waals surface area contributed by atoms with Gasteiger partial charge >= 0.3 is 0 Å². The van der Waals surface area contributed by atoms with Gasteiger partial charge in [0, 0.05) is 25.5 Å². The molecule has 0 amide bonds. The molecule has 3 rings (SSSR count). The van der Waals surface area contributed by atoms with Gasteiger partial charge in [-0.25, -0.2) is 4.98 Å². The van der Waals surface area contributed by atoms with Crippen molar-refractivity contribution in [2.24, 2.45) is 0 Å². The van der Waals surface area contributed by atoms with E-state index >= 15 is 0 Å². The molecule has 0 aliphatic carbocycles. The second-order valence-corrected chi connectivity index (χ2v) is 4.88. The van der Waals surface area contributed by atoms with Crippen molar-refractivity contribution in [3.05, 3.63) is 18.7 Å². The van der Waals surface area contributed by atoms with Crippen LogP contribution >= 0.6 is 0 Å². The second-order valence-electron chi connectivity index (χ2n) is 4.88. The maximum absolute atomic E-state index is 5.47. The van der Waals surface area contributed by atoms with Crippen LogP contribution in [0.4, 0.5) is 11.9 Å². The van der Waals surface area contributed by atoms with Gasteiger partial charge in [-0.05, 0) is 13.8 Å². The lowest BCUT2D eigenvalue weighted by atomic mass is 10.3. The summed E-state index contributed by atoms with van der Waals surface area (Å²) in [5.74, 6) is 1.80. The average molecular weight is 289 g/mol. The van der Waals surface area contributed by atoms with Crippen molar-refractivity contribution in [2.75, 3.05) is 36.5 Å². The molecule has 2 aromatic heterocycles. The van der Waals surface area contributed by atoms with E-state index in [4.69, 9.17) is 4.74 Å². The van der Waals surface area contributed by atoms with Crippen LogP contribution in [0, 0.1) is 0 Å². The van der Waals surface area contributed by atoms with Crippen molar-refractivity contribution < 1.29 is 4.74 Å². The summed E-state index contributed by atoms with van der Waals surface area (Å²) in [4.78, 5) is 19.7. The Morgan fingerprint density at radius 3 is 2.90 bits per heavy atom. The molecule has 0 spiro atoms. The molecule has 1 unspecified atom stereocenters. The molecule has 2 aromatic rings. The fourth-order valence-electron chi connectivity index (χ4n) is 2.24. The van der Waals surface area contributed by atoms with Crippen LogP contribution in [0.1, 0.15) is 13.8 Å². The van der Waals surface area contributed by atoms with Crippen LogP contribution in [-0.4, -0.2) is 56.8 Å². The van der Waals surface area contributed by atoms with Crippen LogP contribution in [-0.2, 0) is 4.74 Å². The molecule has 1 atom stereocenters. The first kappa shape index (κ1) is 13.7. The largest absolute Gasteiger partial charge is 0.377 e. The molecule has 0 aromatic carbocycles. The predicted molar refractivity (Wildman–Crippen MR) is 78.7 cm³/mol. The van der Waals surface area contributed by atoms with E-state index in [1.807, 2.05) is 13.1 Å². The number of anilines is 2. The Kier molecular flexibility index (Phi) is 3.96. The van der Waals surface area contributed by atoms with E-state index in [0.717, 1.165) is 13.1 Å². The van der Waals surface area contributed by atoms with Gasteiger partial charge in [0.25, 0.3) is 0 Å². The molecule has 1 aliphatic heterocycles. The van der Waals surface area contributed by atoms with Gasteiger partial charge in [-0.1, -0.05) is 0 Å². The number of imidazole rings is 1. The molecule has 8 heteroatoms. The highest BCUT2D eigenvalue weighted by molar-refractivity contribution is 5.41. The van der Waals surface area contributed by atoms with Gasteiger partial charge in [0.1, 0.15) is 6.33 Å². The Bertz CT molecular complexity index is 586. The van der Waals surface area contributed by atoms with Crippen molar-refractivity contribution in [3.8, 4) is 5.95 Å². The zero-order valence-corrected chi connectivity index (χ0v) is 12.2. The minimum atomic E-state index is 0.242. The Labute approximate surface area is 123 Å². The van der Waals surface area contributed by atoms with Gasteiger partial charge in [-0.3, -0.25) is 4.57 Å². The summed E-state index contributed by atoms with van der Waals surface area (Å²) in [7, 11) is 0. The molecular formula is C13H19N7O. The first-order chi connectivity index (χ1) is 10.3. The van der Waals surface area contributed by atoms with Crippen molar-refractivity contribution >= 4 is 11.9 Å². The van der Waals surface area contributed by atoms with Crippen LogP contribution in [0.5, 0.6) is 0 Å². The molecular weight excluding hydrogens is 270 g/mol. The maximum Gasteiger partial charge on any atom is 0.241 e. The number of nitrogens with one attached hydrogen (secondary N) is 1. The third-order valence-electron chi connectivity index (χ3n) is 3.31. The molecule has 1 aliphatic rings. The Morgan fingerprint density at radius 2 is 2.19 bits per heavy atom. The summed E-state index contributed by atoms with van der Waals surface area (Å²) < 4.78 is 7.24. The van der Waals surface area contributed by atoms with E-state index in [1.165, 1.54) is 0 Å². The van der Waals surface area contributed by atoms with Gasteiger partial charge in [0.2, 0.25) is 17.8 Å². The number of hydrogen-bond acceptors (Lipinski definition) is 7. The van der Waals surface area contributed by atoms with Gasteiger partial charge < -0.3 is 15.0 Å². The summed E-state index contributed by atoms with van der Waals surface area (Å²) in [5.41, 5.74) is 0. The van der Waals surface area contributed by atoms with Gasteiger partial charge in [-0.15, -0.1) is 0 Å². The standard InChI is InChI=1S/C13H19N7O/c1-3-15-11-16-12(19-5-4-14-9-19)18-13(17-11)20-6-7-21-8-10(20)2/h4-5,9-10H,3,6-8H2,1-2H3,(H,15,16,17,18). The van der Waals surface area contributed by atoms with Crippen molar-refractivity contribution in [1.82, 2.24) is 24.5 Å². The van der Waals surface area contributed by atoms with Crippen molar-refractivity contribution in [3.63, 3.8) is 0 Å². The molecule has 112 valence electrons. The zero-order valence-electron chi connectivity index (χ0n) is 12.2. The molecule has 1 N–H and O–H groups in total. The van der Waals surface area contributed by atoms with Crippen LogP contribution in [0.2, 0.25) is 0 Å². The normalized spacial score (nSPS) is 18.8. The Balaban J connectivity index is 1.98. The Morgan fingerprint density at radius 1 is 1.33 bits per heavy atom. The van der Waals surface area contributed by atoms with Crippen molar-refractivity contribution in [2.45, 2.75) is 19.9 Å². The number of rotatable bonds is 4. The number of morpholine rings is 1. The monoisotopic (exact) mass is 289 g/mol. The van der Waals surface area contributed by atoms with Crippen molar-refractivity contribution in [1.29, 1.82) is 0 Å². The van der Waals surface area contributed by atoms with Gasteiger partial charge in [0.05, 0.1) is 19.3 Å². The first-order valence-electron chi connectivity index (χ1n) is 7.10. The highest BCUT2D eigenvalue weighted by atomic mass is 16.5. The van der Waals surface area contributed by atoms with E-state index in [0.29, 0.717) is 31.1 Å². The number of nitrogens with zero attached hydrogens (tertiary/aromatic N) is 6. The molecule has 21 heavy (non-hydrogen) atoms. The third-order valence-corrected chi connectivity index (χ3v) is 3.31. The minimum absolute atomic E-state index is 0.242. The van der Waals surface area contributed by atoms with Crippen LogP contribution in [0.15, 0.2) is 18.7 Å². The molecule has 1 saturated heterocycles. The molecule has 0 bridgehead atoms. The number of aromatic nitrogens is 5. The fourth-order valence-corrected chi connectivity index (χ4v) is 2.24. The minimum Gasteiger partial charge on any atom is -0.377 e. The van der Waals surface area contributed by atoms with E-state index < -0.39 is 0 Å². The summed E-state index contributed by atoms with van der Waals surface area (Å²) in [6, 6.07) is 0.242. The molecule has 8 nitrogen and oxygen atoms in total. The first-order valence-corrected chi connectivity index (χ1v) is 7.10. The van der Waals surface area contributed by atoms with E-state index in [1.54, 1.807) is 17.1 Å². The third kappa shape index (κ3) is 2.94. The van der Waals surface area contributed by atoms with Crippen LogP contribution in [0.25, 0.3) is 5.95 Å². The Hall–Kier alpha value is -2.22. The SMILES string of the molecule is CCNc1nc(N2CCOCC2C)nc(-n2ccnc2)n1. The lowest BCUT2D eigenvalue weighted by molar-refractivity contribution is 0.0980. The predicted octanol–water partition coefficient (Wildman–Crippen LogP) is 0.714. The zero-order chi connectivity index (χ0) is 14.7. The molecule has 0 radical (unpaired) electrons. The molecule has 1 fully saturated rings. The van der Waals surface area contributed by atoms with E-state index in [2.05, 4.69) is 37.1 Å².